The van der Waals surface area contributed by atoms with Crippen LogP contribution < -0.4 is 5.32 Å². The number of carbonyl (C=O) groups excluding carboxylic acids is 2. The van der Waals surface area contributed by atoms with Gasteiger partial charge in [-0.3, -0.25) is 14.9 Å². The summed E-state index contributed by atoms with van der Waals surface area (Å²) < 4.78 is 0. The molecule has 0 saturated heterocycles. The third-order valence-corrected chi connectivity index (χ3v) is 4.67. The predicted octanol–water partition coefficient (Wildman–Crippen LogP) is 4.00. The molecule has 22 heavy (non-hydrogen) atoms. The van der Waals surface area contributed by atoms with Crippen LogP contribution in [0.5, 0.6) is 0 Å². The van der Waals surface area contributed by atoms with E-state index in [4.69, 9.17) is 0 Å². The summed E-state index contributed by atoms with van der Waals surface area (Å²) in [5.74, 6) is -1.23. The van der Waals surface area contributed by atoms with Crippen LogP contribution in [0.3, 0.4) is 0 Å². The highest BCUT2D eigenvalue weighted by Crippen LogP contribution is 2.28. The van der Waals surface area contributed by atoms with E-state index in [2.05, 4.69) is 10.3 Å². The van der Waals surface area contributed by atoms with Crippen LogP contribution in [0.2, 0.25) is 0 Å². The van der Waals surface area contributed by atoms with E-state index in [-0.39, 0.29) is 0 Å². The first-order valence-corrected chi connectivity index (χ1v) is 8.31. The molecule has 4 nitrogen and oxygen atoms in total. The second-order valence-corrected chi connectivity index (χ2v) is 6.47. The minimum atomic E-state index is -0.670. The summed E-state index contributed by atoms with van der Waals surface area (Å²) >= 11 is 2.88. The number of thiophene rings is 1. The molecule has 0 atom stereocenters. The van der Waals surface area contributed by atoms with Crippen molar-refractivity contribution in [1.29, 1.82) is 0 Å². The highest BCUT2D eigenvalue weighted by Gasteiger charge is 2.17. The Bertz CT molecular complexity index is 805. The molecule has 110 valence electrons. The lowest BCUT2D eigenvalue weighted by molar-refractivity contribution is -0.112. The zero-order chi connectivity index (χ0) is 15.5. The Kier molecular flexibility index (Phi) is 4.13. The van der Waals surface area contributed by atoms with Crippen molar-refractivity contribution in [3.63, 3.8) is 0 Å². The van der Waals surface area contributed by atoms with Crippen LogP contribution in [0.4, 0.5) is 5.13 Å². The van der Waals surface area contributed by atoms with Gasteiger partial charge in [0.2, 0.25) is 0 Å². The summed E-state index contributed by atoms with van der Waals surface area (Å²) in [5, 5.41) is 6.81. The van der Waals surface area contributed by atoms with Gasteiger partial charge in [-0.1, -0.05) is 35.9 Å². The first-order valence-electron chi connectivity index (χ1n) is 6.55. The van der Waals surface area contributed by atoms with Crippen LogP contribution in [0, 0.1) is 6.92 Å². The molecule has 0 unspecified atom stereocenters. The Morgan fingerprint density at radius 1 is 1.09 bits per heavy atom. The van der Waals surface area contributed by atoms with Gasteiger partial charge >= 0.3 is 0 Å². The number of ketones is 1. The zero-order valence-corrected chi connectivity index (χ0v) is 13.3. The molecule has 0 spiro atoms. The Labute approximate surface area is 135 Å². The van der Waals surface area contributed by atoms with Crippen molar-refractivity contribution in [2.75, 3.05) is 5.32 Å². The molecule has 1 N–H and O–H groups in total. The van der Waals surface area contributed by atoms with Gasteiger partial charge < -0.3 is 0 Å². The Hall–Kier alpha value is -2.31. The van der Waals surface area contributed by atoms with E-state index in [1.807, 2.05) is 29.8 Å². The van der Waals surface area contributed by atoms with Gasteiger partial charge in [-0.25, -0.2) is 4.98 Å². The second-order valence-electron chi connectivity index (χ2n) is 4.66. The molecule has 3 aromatic rings. The molecule has 3 rings (SSSR count). The third-order valence-electron chi connectivity index (χ3n) is 3.02. The van der Waals surface area contributed by atoms with Crippen LogP contribution >= 0.6 is 22.7 Å². The first kappa shape index (κ1) is 14.6. The summed E-state index contributed by atoms with van der Waals surface area (Å²) in [6.45, 7) is 1.93. The highest BCUT2D eigenvalue weighted by molar-refractivity contribution is 7.16. The molecule has 0 saturated carbocycles. The Morgan fingerprint density at radius 3 is 2.55 bits per heavy atom. The number of nitrogens with zero attached hydrogens (tertiary/aromatic N) is 1. The number of Topliss-reactive ketones (excluding diaryl/α,β-unsaturated/α-hetero) is 1. The number of hydrogen-bond acceptors (Lipinski definition) is 5. The summed E-state index contributed by atoms with van der Waals surface area (Å²) in [6, 6.07) is 10.8. The number of anilines is 1. The molecule has 0 fully saturated rings. The molecule has 1 aromatic carbocycles. The summed E-state index contributed by atoms with van der Waals surface area (Å²) in [7, 11) is 0. The highest BCUT2D eigenvalue weighted by atomic mass is 32.1. The van der Waals surface area contributed by atoms with E-state index in [0.29, 0.717) is 10.7 Å². The van der Waals surface area contributed by atoms with Gasteiger partial charge in [0, 0.05) is 10.9 Å². The van der Waals surface area contributed by atoms with Gasteiger partial charge in [0.15, 0.2) is 5.13 Å². The summed E-state index contributed by atoms with van der Waals surface area (Å²) in [5.41, 5.74) is 2.22. The second kappa shape index (κ2) is 6.21. The monoisotopic (exact) mass is 328 g/mol. The van der Waals surface area contributed by atoms with Crippen LogP contribution in [0.1, 0.15) is 15.9 Å². The molecule has 0 aliphatic rings. The molecule has 1 amide bonds. The van der Waals surface area contributed by atoms with E-state index >= 15 is 0 Å². The molecule has 2 heterocycles. The topological polar surface area (TPSA) is 59.1 Å². The number of nitrogens with one attached hydrogen (secondary N) is 1. The average Bonchev–Trinajstić information content (AvgIpc) is 3.18. The lowest BCUT2D eigenvalue weighted by Gasteiger charge is -2.01. The van der Waals surface area contributed by atoms with E-state index < -0.39 is 11.7 Å². The Morgan fingerprint density at radius 2 is 1.86 bits per heavy atom. The van der Waals surface area contributed by atoms with Gasteiger partial charge in [0.1, 0.15) is 0 Å². The van der Waals surface area contributed by atoms with Crippen LogP contribution in [0.15, 0.2) is 47.2 Å². The van der Waals surface area contributed by atoms with Gasteiger partial charge in [-0.2, -0.15) is 0 Å². The van der Waals surface area contributed by atoms with E-state index in [9.17, 15) is 9.59 Å². The minimum absolute atomic E-state index is 0.373. The number of rotatable bonds is 4. The maximum Gasteiger partial charge on any atom is 0.298 e. The van der Waals surface area contributed by atoms with Crippen molar-refractivity contribution in [2.24, 2.45) is 0 Å². The SMILES string of the molecule is Cc1ccc(C(=O)C(=O)Nc2nc(-c3cccs3)cs2)cc1. The molecule has 0 radical (unpaired) electrons. The number of aryl methyl sites for hydroxylation is 1. The quantitative estimate of drug-likeness (QED) is 0.582. The smallest absolute Gasteiger partial charge is 0.295 e. The van der Waals surface area contributed by atoms with Gasteiger partial charge in [0.25, 0.3) is 11.7 Å². The van der Waals surface area contributed by atoms with Gasteiger partial charge in [-0.15, -0.1) is 22.7 Å². The Balaban J connectivity index is 1.71. The maximum absolute atomic E-state index is 12.1. The van der Waals surface area contributed by atoms with Crippen molar-refractivity contribution < 1.29 is 9.59 Å². The number of hydrogen-bond donors (Lipinski definition) is 1. The van der Waals surface area contributed by atoms with Crippen molar-refractivity contribution in [2.45, 2.75) is 6.92 Å². The number of thiazole rings is 1. The zero-order valence-electron chi connectivity index (χ0n) is 11.7. The van der Waals surface area contributed by atoms with Crippen molar-refractivity contribution in [3.8, 4) is 10.6 Å². The normalized spacial score (nSPS) is 10.4. The predicted molar refractivity (Wildman–Crippen MR) is 89.6 cm³/mol. The van der Waals surface area contributed by atoms with Crippen molar-refractivity contribution in [3.05, 3.63) is 58.3 Å². The number of amides is 1. The van der Waals surface area contributed by atoms with E-state index in [0.717, 1.165) is 16.1 Å². The fourth-order valence-corrected chi connectivity index (χ4v) is 3.32. The molecular formula is C16H12N2O2S2. The van der Waals surface area contributed by atoms with Gasteiger partial charge in [0.05, 0.1) is 10.6 Å². The number of aromatic nitrogens is 1. The summed E-state index contributed by atoms with van der Waals surface area (Å²) in [4.78, 5) is 29.4. The van der Waals surface area contributed by atoms with Crippen LogP contribution in [-0.2, 0) is 4.79 Å². The van der Waals surface area contributed by atoms with E-state index in [1.165, 1.54) is 11.3 Å². The molecule has 0 bridgehead atoms. The van der Waals surface area contributed by atoms with E-state index in [1.54, 1.807) is 35.6 Å². The molecule has 0 aliphatic heterocycles. The standard InChI is InChI=1S/C16H12N2O2S2/c1-10-4-6-11(7-5-10)14(19)15(20)18-16-17-12(9-22-16)13-3-2-8-21-13/h2-9H,1H3,(H,17,18,20). The number of carbonyl (C=O) groups is 2. The fraction of sp³-hybridized carbons (Fsp3) is 0.0625. The largest absolute Gasteiger partial charge is 0.298 e. The third kappa shape index (κ3) is 3.13. The van der Waals surface area contributed by atoms with Crippen molar-refractivity contribution in [1.82, 2.24) is 4.98 Å². The molecule has 0 aliphatic carbocycles. The number of benzene rings is 1. The van der Waals surface area contributed by atoms with Crippen LogP contribution in [0.25, 0.3) is 10.6 Å². The average molecular weight is 328 g/mol. The summed E-state index contributed by atoms with van der Waals surface area (Å²) in [6.07, 6.45) is 0. The minimum Gasteiger partial charge on any atom is -0.295 e. The first-order chi connectivity index (χ1) is 10.6. The lowest BCUT2D eigenvalue weighted by atomic mass is 10.1. The lowest BCUT2D eigenvalue weighted by Crippen LogP contribution is -2.22. The maximum atomic E-state index is 12.1. The molecular weight excluding hydrogens is 316 g/mol. The van der Waals surface area contributed by atoms with Crippen molar-refractivity contribution >= 4 is 39.5 Å². The van der Waals surface area contributed by atoms with Gasteiger partial charge in [-0.05, 0) is 18.4 Å². The molecule has 6 heteroatoms. The fourth-order valence-electron chi connectivity index (χ4n) is 1.86. The van der Waals surface area contributed by atoms with Crippen LogP contribution in [-0.4, -0.2) is 16.7 Å². The molecule has 2 aromatic heterocycles.